The third kappa shape index (κ3) is 5.70. The summed E-state index contributed by atoms with van der Waals surface area (Å²) >= 11 is 4.60. The molecule has 0 amide bonds. The zero-order valence-electron chi connectivity index (χ0n) is 5.77. The SMILES string of the molecule is CC(=O)OCC(CI)CI. The van der Waals surface area contributed by atoms with Gasteiger partial charge in [0.25, 0.3) is 0 Å². The van der Waals surface area contributed by atoms with Gasteiger partial charge in [-0.2, -0.15) is 0 Å². The number of halogens is 2. The highest BCUT2D eigenvalue weighted by molar-refractivity contribution is 14.1. The van der Waals surface area contributed by atoms with Crippen molar-refractivity contribution in [1.29, 1.82) is 0 Å². The molecule has 0 aliphatic rings. The van der Waals surface area contributed by atoms with Gasteiger partial charge in [-0.05, 0) is 0 Å². The predicted molar refractivity (Wildman–Crippen MR) is 57.9 cm³/mol. The first kappa shape index (κ1) is 10.9. The number of carbonyl (C=O) groups excluding carboxylic acids is 1. The molecular weight excluding hydrogens is 358 g/mol. The van der Waals surface area contributed by atoms with Crippen LogP contribution in [0.4, 0.5) is 0 Å². The molecule has 0 saturated carbocycles. The zero-order chi connectivity index (χ0) is 7.98. The van der Waals surface area contributed by atoms with E-state index in [1.807, 2.05) is 0 Å². The fourth-order valence-corrected chi connectivity index (χ4v) is 2.69. The maximum absolute atomic E-state index is 10.4. The summed E-state index contributed by atoms with van der Waals surface area (Å²) in [5, 5.41) is 0. The first-order valence-electron chi connectivity index (χ1n) is 2.96. The number of ether oxygens (including phenoxy) is 1. The summed E-state index contributed by atoms with van der Waals surface area (Å²) in [6.07, 6.45) is 0. The number of alkyl halides is 2. The lowest BCUT2D eigenvalue weighted by molar-refractivity contribution is -0.141. The lowest BCUT2D eigenvalue weighted by Crippen LogP contribution is -2.14. The van der Waals surface area contributed by atoms with E-state index < -0.39 is 0 Å². The van der Waals surface area contributed by atoms with Crippen molar-refractivity contribution in [3.8, 4) is 0 Å². The Bertz CT molecular complexity index is 102. The Kier molecular flexibility index (Phi) is 7.24. The summed E-state index contributed by atoms with van der Waals surface area (Å²) in [5.74, 6) is 0.338. The number of carbonyl (C=O) groups is 1. The lowest BCUT2D eigenvalue weighted by Gasteiger charge is -2.08. The number of hydrogen-bond donors (Lipinski definition) is 0. The van der Waals surface area contributed by atoms with Gasteiger partial charge in [-0.15, -0.1) is 0 Å². The minimum absolute atomic E-state index is 0.181. The largest absolute Gasteiger partial charge is 0.466 e. The Morgan fingerprint density at radius 2 is 2.00 bits per heavy atom. The molecule has 0 radical (unpaired) electrons. The summed E-state index contributed by atoms with van der Waals surface area (Å²) in [4.78, 5) is 10.4. The van der Waals surface area contributed by atoms with Crippen molar-refractivity contribution < 1.29 is 9.53 Å². The van der Waals surface area contributed by atoms with Crippen LogP contribution in [0, 0.1) is 5.92 Å². The van der Waals surface area contributed by atoms with E-state index in [2.05, 4.69) is 45.2 Å². The summed E-state index contributed by atoms with van der Waals surface area (Å²) in [6, 6.07) is 0. The van der Waals surface area contributed by atoms with Crippen LogP contribution >= 0.6 is 45.2 Å². The van der Waals surface area contributed by atoms with E-state index in [9.17, 15) is 4.79 Å². The molecule has 0 N–H and O–H groups in total. The van der Waals surface area contributed by atoms with Crippen LogP contribution in [0.2, 0.25) is 0 Å². The van der Waals surface area contributed by atoms with Crippen molar-refractivity contribution in [2.24, 2.45) is 5.92 Å². The molecule has 60 valence electrons. The van der Waals surface area contributed by atoms with Crippen LogP contribution in [0.5, 0.6) is 0 Å². The summed E-state index contributed by atoms with van der Waals surface area (Å²) in [7, 11) is 0. The van der Waals surface area contributed by atoms with Crippen LogP contribution in [-0.2, 0) is 9.53 Å². The Balaban J connectivity index is 3.34. The van der Waals surface area contributed by atoms with Gasteiger partial charge in [-0.25, -0.2) is 0 Å². The van der Waals surface area contributed by atoms with Crippen molar-refractivity contribution in [3.63, 3.8) is 0 Å². The van der Waals surface area contributed by atoms with E-state index in [1.54, 1.807) is 0 Å². The molecule has 0 atom stereocenters. The first-order valence-corrected chi connectivity index (χ1v) is 6.01. The Labute approximate surface area is 88.4 Å². The molecule has 0 aliphatic carbocycles. The highest BCUT2D eigenvalue weighted by Crippen LogP contribution is 2.06. The number of hydrogen-bond acceptors (Lipinski definition) is 2. The molecule has 0 rings (SSSR count). The quantitative estimate of drug-likeness (QED) is 0.432. The van der Waals surface area contributed by atoms with Crippen molar-refractivity contribution in [2.75, 3.05) is 15.5 Å². The highest BCUT2D eigenvalue weighted by Gasteiger charge is 2.05. The molecular formula is C6H10I2O2. The molecule has 0 aromatic heterocycles. The van der Waals surface area contributed by atoms with Gasteiger partial charge in [0.2, 0.25) is 0 Å². The molecule has 4 heteroatoms. The van der Waals surface area contributed by atoms with Crippen LogP contribution in [0.25, 0.3) is 0 Å². The molecule has 2 nitrogen and oxygen atoms in total. The van der Waals surface area contributed by atoms with Crippen molar-refractivity contribution in [1.82, 2.24) is 0 Å². The second-order valence-electron chi connectivity index (χ2n) is 1.98. The van der Waals surface area contributed by atoms with Crippen LogP contribution in [0.1, 0.15) is 6.92 Å². The molecule has 0 unspecified atom stereocenters. The molecule has 0 aliphatic heterocycles. The molecule has 0 bridgehead atoms. The van der Waals surface area contributed by atoms with Crippen LogP contribution in [0.3, 0.4) is 0 Å². The molecule has 0 fully saturated rings. The zero-order valence-corrected chi connectivity index (χ0v) is 10.1. The van der Waals surface area contributed by atoms with Gasteiger partial charge in [0.05, 0.1) is 6.61 Å². The lowest BCUT2D eigenvalue weighted by atomic mass is 10.2. The molecule has 10 heavy (non-hydrogen) atoms. The monoisotopic (exact) mass is 368 g/mol. The second-order valence-corrected chi connectivity index (χ2v) is 3.74. The Hall–Kier alpha value is 0.930. The molecule has 0 aromatic carbocycles. The Morgan fingerprint density at radius 3 is 2.30 bits per heavy atom. The van der Waals surface area contributed by atoms with Crippen LogP contribution in [-0.4, -0.2) is 21.4 Å². The number of esters is 1. The van der Waals surface area contributed by atoms with Gasteiger partial charge in [0, 0.05) is 21.7 Å². The van der Waals surface area contributed by atoms with E-state index in [-0.39, 0.29) is 5.97 Å². The van der Waals surface area contributed by atoms with Crippen LogP contribution in [0.15, 0.2) is 0 Å². The van der Waals surface area contributed by atoms with Crippen molar-refractivity contribution >= 4 is 51.2 Å². The third-order valence-electron chi connectivity index (χ3n) is 0.959. The molecule has 0 heterocycles. The van der Waals surface area contributed by atoms with Gasteiger partial charge in [-0.3, -0.25) is 4.79 Å². The van der Waals surface area contributed by atoms with Crippen LogP contribution < -0.4 is 0 Å². The maximum Gasteiger partial charge on any atom is 0.302 e. The summed E-state index contributed by atoms with van der Waals surface area (Å²) in [6.45, 7) is 2.01. The van der Waals surface area contributed by atoms with E-state index in [4.69, 9.17) is 4.74 Å². The normalized spacial score (nSPS) is 10.0. The maximum atomic E-state index is 10.4. The minimum Gasteiger partial charge on any atom is -0.466 e. The summed E-state index contributed by atoms with van der Waals surface area (Å²) in [5.41, 5.74) is 0. The molecule has 0 saturated heterocycles. The fraction of sp³-hybridized carbons (Fsp3) is 0.833. The average Bonchev–Trinajstić information content (AvgIpc) is 1.90. The van der Waals surface area contributed by atoms with E-state index in [0.717, 1.165) is 8.86 Å². The second kappa shape index (κ2) is 6.63. The average molecular weight is 368 g/mol. The van der Waals surface area contributed by atoms with E-state index in [1.165, 1.54) is 6.92 Å². The Morgan fingerprint density at radius 1 is 1.50 bits per heavy atom. The molecule has 0 aromatic rings. The standard InChI is InChI=1S/C6H10I2O2/c1-5(9)10-4-6(2-7)3-8/h6H,2-4H2,1H3. The smallest absolute Gasteiger partial charge is 0.302 e. The highest BCUT2D eigenvalue weighted by atomic mass is 127. The first-order chi connectivity index (χ1) is 4.70. The predicted octanol–water partition coefficient (Wildman–Crippen LogP) is 2.04. The third-order valence-corrected chi connectivity index (χ3v) is 3.45. The molecule has 0 spiro atoms. The van der Waals surface area contributed by atoms with Crippen molar-refractivity contribution in [3.05, 3.63) is 0 Å². The van der Waals surface area contributed by atoms with Gasteiger partial charge in [-0.1, -0.05) is 45.2 Å². The van der Waals surface area contributed by atoms with Gasteiger partial charge < -0.3 is 4.74 Å². The van der Waals surface area contributed by atoms with Crippen molar-refractivity contribution in [2.45, 2.75) is 6.92 Å². The summed E-state index contributed by atoms with van der Waals surface area (Å²) < 4.78 is 6.94. The topological polar surface area (TPSA) is 26.3 Å². The van der Waals surface area contributed by atoms with Gasteiger partial charge in [0.1, 0.15) is 0 Å². The fourth-order valence-electron chi connectivity index (χ4n) is 0.366. The number of rotatable bonds is 4. The minimum atomic E-state index is -0.181. The van der Waals surface area contributed by atoms with Gasteiger partial charge >= 0.3 is 5.97 Å². The van der Waals surface area contributed by atoms with Gasteiger partial charge in [0.15, 0.2) is 0 Å². The van der Waals surface area contributed by atoms with E-state index in [0.29, 0.717) is 12.5 Å². The van der Waals surface area contributed by atoms with E-state index >= 15 is 0 Å².